The number of carbonyl (C=O) groups is 1. The summed E-state index contributed by atoms with van der Waals surface area (Å²) in [5.74, 6) is 2.32. The zero-order valence-corrected chi connectivity index (χ0v) is 13.5. The minimum atomic E-state index is 0.237. The highest BCUT2D eigenvalue weighted by Gasteiger charge is 2.29. The molecule has 0 unspecified atom stereocenters. The van der Waals surface area contributed by atoms with Crippen molar-refractivity contribution in [2.24, 2.45) is 5.92 Å². The van der Waals surface area contributed by atoms with Crippen molar-refractivity contribution in [2.45, 2.75) is 32.2 Å². The molecule has 1 aromatic rings. The molecule has 3 aliphatic heterocycles. The van der Waals surface area contributed by atoms with Crippen LogP contribution in [-0.4, -0.2) is 48.7 Å². The minimum Gasteiger partial charge on any atom is -0.454 e. The molecule has 124 valence electrons. The smallest absolute Gasteiger partial charge is 0.231 e. The average molecular weight is 316 g/mol. The molecule has 0 N–H and O–H groups in total. The number of hydrogen-bond acceptors (Lipinski definition) is 4. The van der Waals surface area contributed by atoms with Gasteiger partial charge in [0.1, 0.15) is 0 Å². The summed E-state index contributed by atoms with van der Waals surface area (Å²) in [5, 5.41) is 0. The van der Waals surface area contributed by atoms with E-state index in [0.717, 1.165) is 57.1 Å². The highest BCUT2D eigenvalue weighted by molar-refractivity contribution is 5.79. The summed E-state index contributed by atoms with van der Waals surface area (Å²) in [4.78, 5) is 17.0. The molecule has 1 amide bonds. The Morgan fingerprint density at radius 3 is 2.57 bits per heavy atom. The van der Waals surface area contributed by atoms with Gasteiger partial charge >= 0.3 is 0 Å². The topological polar surface area (TPSA) is 42.0 Å². The number of nitrogens with zero attached hydrogens (tertiary/aromatic N) is 2. The van der Waals surface area contributed by atoms with E-state index in [2.05, 4.69) is 21.9 Å². The fourth-order valence-corrected chi connectivity index (χ4v) is 3.83. The third kappa shape index (κ3) is 3.15. The van der Waals surface area contributed by atoms with E-state index in [1.165, 1.54) is 18.4 Å². The molecule has 0 spiro atoms. The van der Waals surface area contributed by atoms with Crippen molar-refractivity contribution in [3.8, 4) is 11.5 Å². The first-order chi connectivity index (χ1) is 11.3. The van der Waals surface area contributed by atoms with Crippen LogP contribution in [0.3, 0.4) is 0 Å². The number of rotatable bonds is 3. The Hall–Kier alpha value is -1.75. The van der Waals surface area contributed by atoms with E-state index >= 15 is 0 Å². The van der Waals surface area contributed by atoms with Crippen LogP contribution in [0.1, 0.15) is 31.2 Å². The van der Waals surface area contributed by atoms with Gasteiger partial charge < -0.3 is 14.4 Å². The molecule has 0 atom stereocenters. The van der Waals surface area contributed by atoms with Crippen LogP contribution in [0.2, 0.25) is 0 Å². The van der Waals surface area contributed by atoms with E-state index < -0.39 is 0 Å². The Balaban J connectivity index is 1.30. The van der Waals surface area contributed by atoms with Gasteiger partial charge in [-0.25, -0.2) is 0 Å². The number of amides is 1. The van der Waals surface area contributed by atoms with Crippen LogP contribution in [0.5, 0.6) is 11.5 Å². The summed E-state index contributed by atoms with van der Waals surface area (Å²) in [6.07, 6.45) is 4.32. The van der Waals surface area contributed by atoms with Crippen LogP contribution in [-0.2, 0) is 11.3 Å². The first kappa shape index (κ1) is 14.8. The molecule has 5 heteroatoms. The quantitative estimate of drug-likeness (QED) is 0.858. The van der Waals surface area contributed by atoms with Crippen LogP contribution in [0.4, 0.5) is 0 Å². The predicted molar refractivity (Wildman–Crippen MR) is 86.4 cm³/mol. The van der Waals surface area contributed by atoms with Gasteiger partial charge in [-0.3, -0.25) is 9.69 Å². The summed E-state index contributed by atoms with van der Waals surface area (Å²) >= 11 is 0. The standard InChI is InChI=1S/C18H24N2O3/c21-18(20-7-1-2-8-20)15-5-9-19(10-6-15)12-14-3-4-16-17(11-14)23-13-22-16/h3-4,11,15H,1-2,5-10,12-13H2. The van der Waals surface area contributed by atoms with Gasteiger partial charge in [0.05, 0.1) is 0 Å². The summed E-state index contributed by atoms with van der Waals surface area (Å²) in [5.41, 5.74) is 1.25. The molecule has 5 nitrogen and oxygen atoms in total. The molecule has 2 saturated heterocycles. The van der Waals surface area contributed by atoms with Crippen LogP contribution in [0.15, 0.2) is 18.2 Å². The normalized spacial score (nSPS) is 21.8. The summed E-state index contributed by atoms with van der Waals surface area (Å²) in [6.45, 7) is 5.17. The molecule has 3 heterocycles. The monoisotopic (exact) mass is 316 g/mol. The maximum absolute atomic E-state index is 12.5. The van der Waals surface area contributed by atoms with Crippen molar-refractivity contribution in [2.75, 3.05) is 33.0 Å². The second kappa shape index (κ2) is 6.40. The van der Waals surface area contributed by atoms with Gasteiger partial charge in [0.15, 0.2) is 11.5 Å². The Morgan fingerprint density at radius 2 is 1.78 bits per heavy atom. The zero-order chi connectivity index (χ0) is 15.6. The Bertz CT molecular complexity index is 576. The number of piperidine rings is 1. The molecule has 3 aliphatic rings. The van der Waals surface area contributed by atoms with E-state index in [1.807, 2.05) is 6.07 Å². The van der Waals surface area contributed by atoms with Crippen molar-refractivity contribution in [1.82, 2.24) is 9.80 Å². The lowest BCUT2D eigenvalue weighted by molar-refractivity contribution is -0.136. The third-order valence-corrected chi connectivity index (χ3v) is 5.20. The van der Waals surface area contributed by atoms with Gasteiger partial charge in [0.2, 0.25) is 12.7 Å². The Morgan fingerprint density at radius 1 is 1.04 bits per heavy atom. The predicted octanol–water partition coefficient (Wildman–Crippen LogP) is 2.25. The third-order valence-electron chi connectivity index (χ3n) is 5.20. The maximum atomic E-state index is 12.5. The van der Waals surface area contributed by atoms with Gasteiger partial charge in [-0.2, -0.15) is 0 Å². The van der Waals surface area contributed by atoms with E-state index in [1.54, 1.807) is 0 Å². The maximum Gasteiger partial charge on any atom is 0.231 e. The number of carbonyl (C=O) groups excluding carboxylic acids is 1. The van der Waals surface area contributed by atoms with Gasteiger partial charge in [0, 0.05) is 25.6 Å². The van der Waals surface area contributed by atoms with E-state index in [9.17, 15) is 4.79 Å². The van der Waals surface area contributed by atoms with Crippen LogP contribution in [0, 0.1) is 5.92 Å². The van der Waals surface area contributed by atoms with E-state index in [0.29, 0.717) is 12.7 Å². The number of likely N-dealkylation sites (tertiary alicyclic amines) is 2. The fraction of sp³-hybridized carbons (Fsp3) is 0.611. The first-order valence-electron chi connectivity index (χ1n) is 8.69. The summed E-state index contributed by atoms with van der Waals surface area (Å²) in [6, 6.07) is 6.17. The second-order valence-electron chi connectivity index (χ2n) is 6.77. The molecule has 23 heavy (non-hydrogen) atoms. The van der Waals surface area contributed by atoms with Crippen LogP contribution < -0.4 is 9.47 Å². The van der Waals surface area contributed by atoms with Crippen molar-refractivity contribution in [3.05, 3.63) is 23.8 Å². The second-order valence-corrected chi connectivity index (χ2v) is 6.77. The highest BCUT2D eigenvalue weighted by Crippen LogP contribution is 2.33. The molecule has 0 aromatic heterocycles. The molecule has 0 radical (unpaired) electrons. The van der Waals surface area contributed by atoms with Gasteiger partial charge in [-0.05, 0) is 56.5 Å². The SMILES string of the molecule is O=C(C1CCN(Cc2ccc3c(c2)OCO3)CC1)N1CCCC1. The fourth-order valence-electron chi connectivity index (χ4n) is 3.83. The van der Waals surface area contributed by atoms with E-state index in [-0.39, 0.29) is 5.92 Å². The minimum absolute atomic E-state index is 0.237. The lowest BCUT2D eigenvalue weighted by atomic mass is 9.95. The summed E-state index contributed by atoms with van der Waals surface area (Å²) < 4.78 is 10.8. The van der Waals surface area contributed by atoms with Crippen LogP contribution in [0.25, 0.3) is 0 Å². The Kier molecular flexibility index (Phi) is 4.12. The van der Waals surface area contributed by atoms with Crippen molar-refractivity contribution in [3.63, 3.8) is 0 Å². The van der Waals surface area contributed by atoms with E-state index in [4.69, 9.17) is 9.47 Å². The molecule has 1 aromatic carbocycles. The zero-order valence-electron chi connectivity index (χ0n) is 13.5. The molecule has 2 fully saturated rings. The number of ether oxygens (including phenoxy) is 2. The first-order valence-corrected chi connectivity index (χ1v) is 8.69. The molecule has 0 aliphatic carbocycles. The lowest BCUT2D eigenvalue weighted by Gasteiger charge is -2.33. The number of hydrogen-bond donors (Lipinski definition) is 0. The van der Waals surface area contributed by atoms with Crippen molar-refractivity contribution < 1.29 is 14.3 Å². The van der Waals surface area contributed by atoms with Gasteiger partial charge in [0.25, 0.3) is 0 Å². The van der Waals surface area contributed by atoms with Gasteiger partial charge in [-0.15, -0.1) is 0 Å². The Labute approximate surface area is 137 Å². The largest absolute Gasteiger partial charge is 0.454 e. The molecular formula is C18H24N2O3. The van der Waals surface area contributed by atoms with Crippen LogP contribution >= 0.6 is 0 Å². The van der Waals surface area contributed by atoms with Crippen molar-refractivity contribution >= 4 is 5.91 Å². The number of fused-ring (bicyclic) bond motifs is 1. The average Bonchev–Trinajstić information content (AvgIpc) is 3.26. The molecule has 4 rings (SSSR count). The number of benzene rings is 1. The summed E-state index contributed by atoms with van der Waals surface area (Å²) in [7, 11) is 0. The lowest BCUT2D eigenvalue weighted by Crippen LogP contribution is -2.41. The molecular weight excluding hydrogens is 292 g/mol. The molecule has 0 saturated carbocycles. The molecule has 0 bridgehead atoms. The van der Waals surface area contributed by atoms with Gasteiger partial charge in [-0.1, -0.05) is 6.07 Å². The van der Waals surface area contributed by atoms with Crippen molar-refractivity contribution in [1.29, 1.82) is 0 Å². The highest BCUT2D eigenvalue weighted by atomic mass is 16.7.